The zero-order valence-corrected chi connectivity index (χ0v) is 18.2. The van der Waals surface area contributed by atoms with Crippen molar-refractivity contribution in [2.24, 2.45) is 0 Å². The van der Waals surface area contributed by atoms with Crippen LogP contribution in [0.3, 0.4) is 0 Å². The highest BCUT2D eigenvalue weighted by Gasteiger charge is 2.28. The summed E-state index contributed by atoms with van der Waals surface area (Å²) in [6.07, 6.45) is 2.11. The number of sulfonamides is 1. The lowest BCUT2D eigenvalue weighted by molar-refractivity contribution is 0.0526. The van der Waals surface area contributed by atoms with E-state index in [0.29, 0.717) is 50.6 Å². The Kier molecular flexibility index (Phi) is 7.00. The number of halogens is 2. The number of esters is 1. The first-order valence-electron chi connectivity index (χ1n) is 9.15. The number of benzene rings is 1. The molecule has 0 atom stereocenters. The molecular formula is C19H21Cl2N3O4S. The van der Waals surface area contributed by atoms with E-state index in [1.807, 2.05) is 4.90 Å². The lowest BCUT2D eigenvalue weighted by atomic mass is 10.2. The lowest BCUT2D eigenvalue weighted by Gasteiger charge is -2.23. The second-order valence-corrected chi connectivity index (χ2v) is 9.29. The topological polar surface area (TPSA) is 79.8 Å². The van der Waals surface area contributed by atoms with Crippen molar-refractivity contribution < 1.29 is 17.9 Å². The average molecular weight is 458 g/mol. The molecule has 0 unspecified atom stereocenters. The number of aromatic nitrogens is 1. The van der Waals surface area contributed by atoms with Crippen molar-refractivity contribution in [2.45, 2.75) is 18.2 Å². The molecule has 0 amide bonds. The van der Waals surface area contributed by atoms with Gasteiger partial charge < -0.3 is 9.64 Å². The monoisotopic (exact) mass is 457 g/mol. The molecule has 0 aliphatic carbocycles. The van der Waals surface area contributed by atoms with Crippen LogP contribution in [0, 0.1) is 0 Å². The van der Waals surface area contributed by atoms with Crippen molar-refractivity contribution in [3.8, 4) is 0 Å². The van der Waals surface area contributed by atoms with Crippen LogP contribution in [0.5, 0.6) is 0 Å². The zero-order valence-electron chi connectivity index (χ0n) is 15.8. The van der Waals surface area contributed by atoms with Gasteiger partial charge in [0.2, 0.25) is 10.0 Å². The van der Waals surface area contributed by atoms with Crippen LogP contribution in [-0.2, 0) is 14.8 Å². The molecule has 2 aromatic rings. The van der Waals surface area contributed by atoms with Gasteiger partial charge in [-0.05, 0) is 43.7 Å². The molecule has 2 heterocycles. The quantitative estimate of drug-likeness (QED) is 0.639. The molecule has 156 valence electrons. The molecule has 1 aromatic heterocycles. The Morgan fingerprint density at radius 1 is 1.10 bits per heavy atom. The number of ether oxygens (including phenoxy) is 1. The van der Waals surface area contributed by atoms with E-state index in [1.165, 1.54) is 28.7 Å². The SMILES string of the molecule is CCOC(=O)c1ccc(N2CCCN(S(=O)(=O)c3cc(Cl)cc(Cl)c3)CC2)nc1. The van der Waals surface area contributed by atoms with E-state index in [0.717, 1.165) is 0 Å². The van der Waals surface area contributed by atoms with E-state index >= 15 is 0 Å². The molecule has 1 aliphatic rings. The van der Waals surface area contributed by atoms with Crippen molar-refractivity contribution in [1.82, 2.24) is 9.29 Å². The Hall–Kier alpha value is -1.87. The molecule has 1 fully saturated rings. The molecule has 1 saturated heterocycles. The predicted molar refractivity (Wildman–Crippen MR) is 112 cm³/mol. The summed E-state index contributed by atoms with van der Waals surface area (Å²) in [7, 11) is -3.70. The van der Waals surface area contributed by atoms with Crippen LogP contribution in [-0.4, -0.2) is 56.5 Å². The summed E-state index contributed by atoms with van der Waals surface area (Å²) in [5.74, 6) is 0.267. The molecule has 0 bridgehead atoms. The highest BCUT2D eigenvalue weighted by molar-refractivity contribution is 7.89. The number of rotatable bonds is 5. The van der Waals surface area contributed by atoms with E-state index in [9.17, 15) is 13.2 Å². The fourth-order valence-corrected chi connectivity index (χ4v) is 5.29. The minimum atomic E-state index is -3.70. The summed E-state index contributed by atoms with van der Waals surface area (Å²) in [5, 5.41) is 0.553. The van der Waals surface area contributed by atoms with Gasteiger partial charge in [-0.3, -0.25) is 0 Å². The lowest BCUT2D eigenvalue weighted by Crippen LogP contribution is -2.35. The molecule has 7 nitrogen and oxygen atoms in total. The van der Waals surface area contributed by atoms with Crippen LogP contribution in [0.15, 0.2) is 41.4 Å². The van der Waals surface area contributed by atoms with Crippen LogP contribution in [0.1, 0.15) is 23.7 Å². The first kappa shape index (κ1) is 21.8. The highest BCUT2D eigenvalue weighted by atomic mass is 35.5. The maximum Gasteiger partial charge on any atom is 0.339 e. The summed E-state index contributed by atoms with van der Waals surface area (Å²) in [6.45, 7) is 3.84. The summed E-state index contributed by atoms with van der Waals surface area (Å²) in [5.41, 5.74) is 0.382. The molecular weight excluding hydrogens is 437 g/mol. The number of nitrogens with zero attached hydrogens (tertiary/aromatic N) is 3. The van der Waals surface area contributed by atoms with Gasteiger partial charge in [-0.1, -0.05) is 23.2 Å². The molecule has 0 spiro atoms. The average Bonchev–Trinajstić information content (AvgIpc) is 2.94. The molecule has 0 radical (unpaired) electrons. The van der Waals surface area contributed by atoms with Gasteiger partial charge in [-0.2, -0.15) is 4.31 Å². The third-order valence-corrected chi connectivity index (χ3v) is 6.82. The summed E-state index contributed by atoms with van der Waals surface area (Å²) < 4.78 is 32.4. The Bertz CT molecular complexity index is 963. The molecule has 3 rings (SSSR count). The van der Waals surface area contributed by atoms with E-state index in [2.05, 4.69) is 4.98 Å². The Labute approximate surface area is 180 Å². The van der Waals surface area contributed by atoms with E-state index in [-0.39, 0.29) is 14.9 Å². The van der Waals surface area contributed by atoms with Crippen LogP contribution >= 0.6 is 23.2 Å². The second kappa shape index (κ2) is 9.30. The predicted octanol–water partition coefficient (Wildman–Crippen LogP) is 3.47. The number of pyridine rings is 1. The van der Waals surface area contributed by atoms with Gasteiger partial charge in [-0.15, -0.1) is 0 Å². The third-order valence-electron chi connectivity index (χ3n) is 4.51. The number of anilines is 1. The van der Waals surface area contributed by atoms with Gasteiger partial charge in [-0.25, -0.2) is 18.2 Å². The van der Waals surface area contributed by atoms with Gasteiger partial charge in [0.1, 0.15) is 5.82 Å². The van der Waals surface area contributed by atoms with Crippen molar-refractivity contribution in [1.29, 1.82) is 0 Å². The van der Waals surface area contributed by atoms with Crippen molar-refractivity contribution in [2.75, 3.05) is 37.7 Å². The maximum atomic E-state index is 13.0. The first-order valence-corrected chi connectivity index (χ1v) is 11.3. The molecule has 1 aromatic carbocycles. The number of hydrogen-bond acceptors (Lipinski definition) is 6. The van der Waals surface area contributed by atoms with Crippen molar-refractivity contribution >= 4 is 45.0 Å². The minimum absolute atomic E-state index is 0.0837. The normalized spacial score (nSPS) is 15.8. The fraction of sp³-hybridized carbons (Fsp3) is 0.368. The smallest absolute Gasteiger partial charge is 0.339 e. The van der Waals surface area contributed by atoms with Gasteiger partial charge in [0.25, 0.3) is 0 Å². The standard InChI is InChI=1S/C19H21Cl2N3O4S/c1-2-28-19(25)14-4-5-18(22-13-14)23-6-3-7-24(9-8-23)29(26,27)17-11-15(20)10-16(21)12-17/h4-5,10-13H,2-3,6-9H2,1H3. The number of hydrogen-bond donors (Lipinski definition) is 0. The maximum absolute atomic E-state index is 13.0. The van der Waals surface area contributed by atoms with E-state index in [1.54, 1.807) is 19.1 Å². The molecule has 29 heavy (non-hydrogen) atoms. The van der Waals surface area contributed by atoms with Gasteiger partial charge in [0.05, 0.1) is 17.1 Å². The van der Waals surface area contributed by atoms with Gasteiger partial charge >= 0.3 is 5.97 Å². The number of carbonyl (C=O) groups is 1. The van der Waals surface area contributed by atoms with Gasteiger partial charge in [0.15, 0.2) is 0 Å². The highest BCUT2D eigenvalue weighted by Crippen LogP contribution is 2.26. The first-order chi connectivity index (χ1) is 13.8. The third kappa shape index (κ3) is 5.19. The van der Waals surface area contributed by atoms with Crippen LogP contribution in [0.2, 0.25) is 10.0 Å². The Balaban J connectivity index is 1.72. The molecule has 1 aliphatic heterocycles. The second-order valence-electron chi connectivity index (χ2n) is 6.48. The number of carbonyl (C=O) groups excluding carboxylic acids is 1. The Morgan fingerprint density at radius 2 is 1.83 bits per heavy atom. The van der Waals surface area contributed by atoms with Crippen molar-refractivity contribution in [3.05, 3.63) is 52.1 Å². The molecule has 0 N–H and O–H groups in total. The van der Waals surface area contributed by atoms with Crippen molar-refractivity contribution in [3.63, 3.8) is 0 Å². The van der Waals surface area contributed by atoms with E-state index in [4.69, 9.17) is 27.9 Å². The fourth-order valence-electron chi connectivity index (χ4n) is 3.10. The zero-order chi connectivity index (χ0) is 21.0. The van der Waals surface area contributed by atoms with Crippen LogP contribution < -0.4 is 4.90 Å². The van der Waals surface area contributed by atoms with Crippen LogP contribution in [0.4, 0.5) is 5.82 Å². The summed E-state index contributed by atoms with van der Waals surface area (Å²) in [6, 6.07) is 7.71. The van der Waals surface area contributed by atoms with Gasteiger partial charge in [0, 0.05) is 42.4 Å². The summed E-state index contributed by atoms with van der Waals surface area (Å²) in [4.78, 5) is 18.2. The molecule has 10 heteroatoms. The van der Waals surface area contributed by atoms with Crippen LogP contribution in [0.25, 0.3) is 0 Å². The largest absolute Gasteiger partial charge is 0.462 e. The van der Waals surface area contributed by atoms with E-state index < -0.39 is 16.0 Å². The Morgan fingerprint density at radius 3 is 2.45 bits per heavy atom. The summed E-state index contributed by atoms with van der Waals surface area (Å²) >= 11 is 11.9. The minimum Gasteiger partial charge on any atom is -0.462 e. The molecule has 0 saturated carbocycles.